The lowest BCUT2D eigenvalue weighted by Crippen LogP contribution is -2.27. The molecule has 0 atom stereocenters. The van der Waals surface area contributed by atoms with Crippen molar-refractivity contribution >= 4 is 27.6 Å². The van der Waals surface area contributed by atoms with E-state index in [9.17, 15) is 0 Å². The van der Waals surface area contributed by atoms with Crippen molar-refractivity contribution in [3.8, 4) is 11.5 Å². The predicted molar refractivity (Wildman–Crippen MR) is 160 cm³/mol. The summed E-state index contributed by atoms with van der Waals surface area (Å²) >= 11 is 0. The van der Waals surface area contributed by atoms with Crippen molar-refractivity contribution < 1.29 is 4.42 Å². The zero-order chi connectivity index (χ0) is 27.3. The molecule has 1 aliphatic heterocycles. The second kappa shape index (κ2) is 11.6. The van der Waals surface area contributed by atoms with Crippen LogP contribution in [0.4, 0.5) is 5.69 Å². The third-order valence-corrected chi connectivity index (χ3v) is 7.01. The molecule has 0 fully saturated rings. The summed E-state index contributed by atoms with van der Waals surface area (Å²) in [7, 11) is 0. The molecule has 6 rings (SSSR count). The van der Waals surface area contributed by atoms with E-state index in [0.717, 1.165) is 87.5 Å². The third kappa shape index (κ3) is 5.55. The average Bonchev–Trinajstić information content (AvgIpc) is 2.98. The maximum Gasteiger partial charge on any atom is 0.155 e. The molecule has 0 amide bonds. The summed E-state index contributed by atoms with van der Waals surface area (Å²) in [5, 5.41) is 6.42. The minimum atomic E-state index is 0.625. The largest absolute Gasteiger partial charge is 0.453 e. The Bertz CT molecular complexity index is 1740. The molecule has 2 aromatic carbocycles. The number of hydrogen-bond acceptors (Lipinski definition) is 7. The van der Waals surface area contributed by atoms with E-state index in [1.165, 1.54) is 0 Å². The van der Waals surface area contributed by atoms with Gasteiger partial charge in [-0.15, -0.1) is 0 Å². The number of aromatic nitrogens is 3. The molecule has 4 aromatic rings. The van der Waals surface area contributed by atoms with Gasteiger partial charge in [0.15, 0.2) is 11.3 Å². The summed E-state index contributed by atoms with van der Waals surface area (Å²) in [6.07, 6.45) is 3.67. The zero-order valence-electron chi connectivity index (χ0n) is 22.8. The van der Waals surface area contributed by atoms with Gasteiger partial charge in [-0.1, -0.05) is 36.4 Å². The van der Waals surface area contributed by atoms with E-state index in [4.69, 9.17) is 14.4 Å². The van der Waals surface area contributed by atoms with Gasteiger partial charge in [-0.05, 0) is 49.7 Å². The quantitative estimate of drug-likeness (QED) is 0.177. The number of nitrogens with zero attached hydrogens (tertiary/aromatic N) is 5. The summed E-state index contributed by atoms with van der Waals surface area (Å²) in [4.78, 5) is 21.5. The molecule has 200 valence electrons. The van der Waals surface area contributed by atoms with Crippen molar-refractivity contribution in [2.75, 3.05) is 25.0 Å². The van der Waals surface area contributed by atoms with Crippen LogP contribution in [0.2, 0.25) is 0 Å². The summed E-state index contributed by atoms with van der Waals surface area (Å²) in [5.41, 5.74) is 6.72. The lowest BCUT2D eigenvalue weighted by molar-refractivity contribution is 0.258. The fraction of sp³-hybridized carbons (Fsp3) is 0.212. The van der Waals surface area contributed by atoms with Gasteiger partial charge in [0.1, 0.15) is 11.2 Å². The number of nitrogens with one attached hydrogen (secondary N) is 1. The highest BCUT2D eigenvalue weighted by atomic mass is 16.3. The first-order valence-corrected chi connectivity index (χ1v) is 13.7. The molecule has 0 saturated heterocycles. The maximum atomic E-state index is 6.43. The standard InChI is InChI=1S/C33H32N6O/c1-3-34-28-19-31-30(18-23(28)2)38-33-27-13-5-4-12-26(27)29(20-32(33)40-31)37-16-17-39(21-24-10-6-8-14-35-24)22-25-11-7-9-15-36-25/h4-15,18-20,34H,3,16-17,21-22H2,1-2H3. The highest BCUT2D eigenvalue weighted by molar-refractivity contribution is 5.96. The van der Waals surface area contributed by atoms with Gasteiger partial charge in [-0.3, -0.25) is 19.9 Å². The Labute approximate surface area is 233 Å². The Morgan fingerprint density at radius 3 is 2.23 bits per heavy atom. The van der Waals surface area contributed by atoms with Gasteiger partial charge in [-0.25, -0.2) is 4.98 Å². The van der Waals surface area contributed by atoms with Crippen LogP contribution in [0.5, 0.6) is 0 Å². The molecule has 0 unspecified atom stereocenters. The van der Waals surface area contributed by atoms with Crippen molar-refractivity contribution in [1.82, 2.24) is 19.9 Å². The highest BCUT2D eigenvalue weighted by Gasteiger charge is 2.16. The maximum absolute atomic E-state index is 6.43. The normalized spacial score (nSPS) is 12.1. The average molecular weight is 529 g/mol. The van der Waals surface area contributed by atoms with Gasteiger partial charge in [0, 0.05) is 67.2 Å². The highest BCUT2D eigenvalue weighted by Crippen LogP contribution is 2.32. The number of hydrogen-bond donors (Lipinski definition) is 1. The van der Waals surface area contributed by atoms with E-state index in [1.54, 1.807) is 0 Å². The SMILES string of the molecule is CCNc1cc2oc3cc(=NCCN(Cc4ccccn4)Cc4ccccn4)c4ccccc4c-3nc2cc1C. The number of fused-ring (bicyclic) bond motifs is 4. The number of anilines is 1. The van der Waals surface area contributed by atoms with E-state index in [1.807, 2.05) is 60.9 Å². The summed E-state index contributed by atoms with van der Waals surface area (Å²) < 4.78 is 6.43. The summed E-state index contributed by atoms with van der Waals surface area (Å²) in [6, 6.07) is 26.5. The van der Waals surface area contributed by atoms with Crippen LogP contribution in [-0.2, 0) is 13.1 Å². The first-order chi connectivity index (χ1) is 19.7. The van der Waals surface area contributed by atoms with E-state index in [0.29, 0.717) is 6.54 Å². The van der Waals surface area contributed by atoms with Gasteiger partial charge in [0.2, 0.25) is 0 Å². The first-order valence-electron chi connectivity index (χ1n) is 13.7. The lowest BCUT2D eigenvalue weighted by Gasteiger charge is -2.20. The minimum Gasteiger partial charge on any atom is -0.453 e. The van der Waals surface area contributed by atoms with E-state index < -0.39 is 0 Å². The van der Waals surface area contributed by atoms with E-state index in [-0.39, 0.29) is 0 Å². The van der Waals surface area contributed by atoms with Gasteiger partial charge < -0.3 is 9.73 Å². The van der Waals surface area contributed by atoms with Gasteiger partial charge in [0.25, 0.3) is 0 Å². The van der Waals surface area contributed by atoms with E-state index >= 15 is 0 Å². The Kier molecular flexibility index (Phi) is 7.46. The Hall–Kier alpha value is -4.62. The second-order valence-electron chi connectivity index (χ2n) is 9.90. The third-order valence-electron chi connectivity index (χ3n) is 7.01. The minimum absolute atomic E-state index is 0.625. The molecule has 0 radical (unpaired) electrons. The van der Waals surface area contributed by atoms with Crippen molar-refractivity contribution in [3.63, 3.8) is 0 Å². The van der Waals surface area contributed by atoms with Gasteiger partial charge in [-0.2, -0.15) is 0 Å². The molecular weight excluding hydrogens is 496 g/mol. The molecule has 3 heterocycles. The summed E-state index contributed by atoms with van der Waals surface area (Å²) in [5.74, 6) is 0.732. The van der Waals surface area contributed by atoms with Crippen LogP contribution in [0, 0.1) is 6.92 Å². The van der Waals surface area contributed by atoms with Crippen LogP contribution in [0.3, 0.4) is 0 Å². The smallest absolute Gasteiger partial charge is 0.155 e. The van der Waals surface area contributed by atoms with Gasteiger partial charge in [0.05, 0.1) is 23.3 Å². The van der Waals surface area contributed by atoms with Crippen LogP contribution in [0.15, 0.2) is 101 Å². The zero-order valence-corrected chi connectivity index (χ0v) is 22.8. The number of aryl methyl sites for hydroxylation is 1. The number of pyridine rings is 2. The van der Waals surface area contributed by atoms with Crippen molar-refractivity contribution in [2.45, 2.75) is 26.9 Å². The fourth-order valence-electron chi connectivity index (χ4n) is 5.07. The number of rotatable bonds is 9. The topological polar surface area (TPSA) is 79.4 Å². The molecule has 1 N–H and O–H groups in total. The monoisotopic (exact) mass is 528 g/mol. The molecule has 1 aliphatic carbocycles. The molecule has 7 heteroatoms. The van der Waals surface area contributed by atoms with Crippen LogP contribution in [-0.4, -0.2) is 39.5 Å². The molecule has 2 aliphatic rings. The van der Waals surface area contributed by atoms with Crippen LogP contribution in [0.25, 0.3) is 33.3 Å². The lowest BCUT2D eigenvalue weighted by atomic mass is 10.0. The molecule has 0 saturated carbocycles. The van der Waals surface area contributed by atoms with Crippen molar-refractivity contribution in [3.05, 3.63) is 114 Å². The fourth-order valence-corrected chi connectivity index (χ4v) is 5.07. The summed E-state index contributed by atoms with van der Waals surface area (Å²) in [6.45, 7) is 7.87. The first kappa shape index (κ1) is 25.6. The van der Waals surface area contributed by atoms with Crippen LogP contribution >= 0.6 is 0 Å². The number of benzene rings is 3. The Morgan fingerprint density at radius 2 is 1.55 bits per heavy atom. The van der Waals surface area contributed by atoms with Crippen LogP contribution in [0.1, 0.15) is 23.9 Å². The molecule has 7 nitrogen and oxygen atoms in total. The Balaban J connectivity index is 1.36. The molecule has 2 aromatic heterocycles. The molecule has 40 heavy (non-hydrogen) atoms. The van der Waals surface area contributed by atoms with Crippen LogP contribution < -0.4 is 10.7 Å². The van der Waals surface area contributed by atoms with E-state index in [2.05, 4.69) is 64.4 Å². The van der Waals surface area contributed by atoms with Crippen molar-refractivity contribution in [1.29, 1.82) is 0 Å². The van der Waals surface area contributed by atoms with Crippen molar-refractivity contribution in [2.24, 2.45) is 4.99 Å². The molecule has 0 bridgehead atoms. The molecular formula is C33H32N6O. The predicted octanol–water partition coefficient (Wildman–Crippen LogP) is 6.22. The Morgan fingerprint density at radius 1 is 0.850 bits per heavy atom. The van der Waals surface area contributed by atoms with Gasteiger partial charge >= 0.3 is 0 Å². The molecule has 0 spiro atoms. The second-order valence-corrected chi connectivity index (χ2v) is 9.90.